The van der Waals surface area contributed by atoms with E-state index in [9.17, 15) is 10.5 Å². The second kappa shape index (κ2) is 15.1. The van der Waals surface area contributed by atoms with Crippen molar-refractivity contribution in [3.05, 3.63) is 116 Å². The number of hydrogen-bond donors (Lipinski definition) is 0. The maximum absolute atomic E-state index is 10.2. The summed E-state index contributed by atoms with van der Waals surface area (Å²) in [6.07, 6.45) is 3.77. The first kappa shape index (κ1) is 32.0. The predicted molar refractivity (Wildman–Crippen MR) is 180 cm³/mol. The van der Waals surface area contributed by atoms with Gasteiger partial charge in [0.1, 0.15) is 36.2 Å². The molecule has 7 rings (SSSR count). The number of rotatable bonds is 6. The number of nitriles is 2. The number of hydrogen-bond acceptors (Lipinski definition) is 7. The van der Waals surface area contributed by atoms with Gasteiger partial charge in [-0.2, -0.15) is 10.5 Å². The number of fused-ring (bicyclic) bond motifs is 6. The van der Waals surface area contributed by atoms with Crippen molar-refractivity contribution < 1.29 is 23.7 Å². The minimum Gasteiger partial charge on any atom is -0.493 e. The van der Waals surface area contributed by atoms with E-state index >= 15 is 0 Å². The molecule has 10 bridgehead atoms. The van der Waals surface area contributed by atoms with Crippen LogP contribution in [0.15, 0.2) is 60.7 Å². The van der Waals surface area contributed by atoms with Crippen LogP contribution in [0, 0.1) is 22.7 Å². The fourth-order valence-electron chi connectivity index (χ4n) is 6.47. The summed E-state index contributed by atoms with van der Waals surface area (Å²) in [6.45, 7) is 6.78. The van der Waals surface area contributed by atoms with E-state index in [4.69, 9.17) is 23.7 Å². The molecule has 0 aromatic heterocycles. The quantitative estimate of drug-likeness (QED) is 0.180. The van der Waals surface area contributed by atoms with Crippen molar-refractivity contribution in [2.24, 2.45) is 0 Å². The molecule has 0 atom stereocenters. The van der Waals surface area contributed by atoms with Crippen LogP contribution < -0.4 is 18.9 Å². The predicted octanol–water partition coefficient (Wildman–Crippen LogP) is 7.47. The van der Waals surface area contributed by atoms with Crippen molar-refractivity contribution in [1.82, 2.24) is 0 Å². The smallest absolute Gasteiger partial charge is 0.126 e. The molecule has 240 valence electrons. The zero-order chi connectivity index (χ0) is 32.6. The zero-order valence-corrected chi connectivity index (χ0v) is 27.2. The molecular formula is C40H40N2O5. The number of benzene rings is 4. The summed E-state index contributed by atoms with van der Waals surface area (Å²) < 4.78 is 32.0. The van der Waals surface area contributed by atoms with Gasteiger partial charge in [-0.05, 0) is 59.4 Å². The monoisotopic (exact) mass is 628 g/mol. The van der Waals surface area contributed by atoms with Gasteiger partial charge in [-0.1, -0.05) is 50.2 Å². The Morgan fingerprint density at radius 2 is 0.915 bits per heavy atom. The lowest BCUT2D eigenvalue weighted by Crippen LogP contribution is -2.16. The summed E-state index contributed by atoms with van der Waals surface area (Å²) in [5.41, 5.74) is 8.85. The molecule has 4 aromatic rings. The third kappa shape index (κ3) is 7.22. The molecule has 47 heavy (non-hydrogen) atoms. The molecule has 0 fully saturated rings. The van der Waals surface area contributed by atoms with E-state index < -0.39 is 0 Å². The van der Waals surface area contributed by atoms with Gasteiger partial charge in [0.25, 0.3) is 0 Å². The molecule has 2 aliphatic heterocycles. The van der Waals surface area contributed by atoms with E-state index in [0.717, 1.165) is 80.3 Å². The largest absolute Gasteiger partial charge is 0.493 e. The highest BCUT2D eigenvalue weighted by Crippen LogP contribution is 2.40. The molecule has 4 aromatic carbocycles. The van der Waals surface area contributed by atoms with E-state index in [-0.39, 0.29) is 0 Å². The highest BCUT2D eigenvalue weighted by atomic mass is 16.5. The molecule has 7 nitrogen and oxygen atoms in total. The molecular weight excluding hydrogens is 588 g/mol. The second-order valence-electron chi connectivity index (χ2n) is 12.0. The van der Waals surface area contributed by atoms with Crippen LogP contribution in [-0.2, 0) is 30.4 Å². The van der Waals surface area contributed by atoms with Crippen LogP contribution in [0.2, 0.25) is 0 Å². The Balaban J connectivity index is 1.67. The van der Waals surface area contributed by atoms with Crippen LogP contribution in [0.1, 0.15) is 82.3 Å². The summed E-state index contributed by atoms with van der Waals surface area (Å²) in [7, 11) is 0. The number of ether oxygens (including phenoxy) is 5. The molecule has 0 radical (unpaired) electrons. The van der Waals surface area contributed by atoms with Crippen LogP contribution in [0.3, 0.4) is 0 Å². The first-order chi connectivity index (χ1) is 23.1. The lowest BCUT2D eigenvalue weighted by Gasteiger charge is -2.23. The van der Waals surface area contributed by atoms with Gasteiger partial charge in [0.15, 0.2) is 0 Å². The Morgan fingerprint density at radius 1 is 0.553 bits per heavy atom. The average molecular weight is 629 g/mol. The van der Waals surface area contributed by atoms with Crippen LogP contribution in [0.5, 0.6) is 23.0 Å². The van der Waals surface area contributed by atoms with Gasteiger partial charge < -0.3 is 23.7 Å². The van der Waals surface area contributed by atoms with E-state index in [1.807, 2.05) is 24.3 Å². The Morgan fingerprint density at radius 3 is 1.23 bits per heavy atom. The Hall–Kier alpha value is -4.98. The van der Waals surface area contributed by atoms with Gasteiger partial charge in [-0.25, -0.2) is 0 Å². The van der Waals surface area contributed by atoms with Gasteiger partial charge in [0.2, 0.25) is 0 Å². The summed E-state index contributed by atoms with van der Waals surface area (Å²) in [6, 6.07) is 25.0. The molecule has 1 aliphatic carbocycles. The lowest BCUT2D eigenvalue weighted by molar-refractivity contribution is 0.0756. The fraction of sp³-hybridized carbons (Fsp3) is 0.350. The van der Waals surface area contributed by atoms with Crippen molar-refractivity contribution >= 4 is 0 Å². The molecule has 0 spiro atoms. The van der Waals surface area contributed by atoms with E-state index in [2.05, 4.69) is 62.4 Å². The van der Waals surface area contributed by atoms with Gasteiger partial charge in [-0.15, -0.1) is 0 Å². The van der Waals surface area contributed by atoms with E-state index in [1.165, 1.54) is 0 Å². The molecule has 0 saturated heterocycles. The normalized spacial score (nSPS) is 14.0. The van der Waals surface area contributed by atoms with E-state index in [0.29, 0.717) is 76.5 Å². The van der Waals surface area contributed by atoms with Crippen LogP contribution in [0.4, 0.5) is 0 Å². The standard InChI is InChI=1S/C40H40N2O5/c1-3-11-44-37-29-7-5-8-30(37)22-34-18-28(26-42)20-36-24-32-10-6-9-31(38(32)45-12-4-2)23-35-19-27(25-41)17-33(21-29)39(35)46-15-13-43-14-16-47-40(34)36/h5-10,17-20H,3-4,11-16,21-24H2,1-2H3. The maximum Gasteiger partial charge on any atom is 0.126 e. The van der Waals surface area contributed by atoms with Crippen molar-refractivity contribution in [3.8, 4) is 35.1 Å². The zero-order valence-electron chi connectivity index (χ0n) is 27.2. The number of para-hydroxylation sites is 2. The van der Waals surface area contributed by atoms with Crippen LogP contribution in [-0.4, -0.2) is 39.6 Å². The Kier molecular flexibility index (Phi) is 10.3. The van der Waals surface area contributed by atoms with Crippen molar-refractivity contribution in [2.45, 2.75) is 52.4 Å². The molecule has 3 aliphatic rings. The summed E-state index contributed by atoms with van der Waals surface area (Å²) in [4.78, 5) is 0. The Bertz CT molecular complexity index is 1610. The topological polar surface area (TPSA) is 93.7 Å². The van der Waals surface area contributed by atoms with Gasteiger partial charge in [0.05, 0.1) is 49.7 Å². The van der Waals surface area contributed by atoms with Gasteiger partial charge in [0, 0.05) is 47.9 Å². The molecule has 7 heteroatoms. The van der Waals surface area contributed by atoms with Crippen molar-refractivity contribution in [1.29, 1.82) is 10.5 Å². The first-order valence-corrected chi connectivity index (χ1v) is 16.5. The molecule has 0 saturated carbocycles. The van der Waals surface area contributed by atoms with Gasteiger partial charge in [-0.3, -0.25) is 0 Å². The SMILES string of the molecule is CCCOc1c2cccc1Cc1cc(C#N)cc3c1OCCOCCOc1c(cc(C#N)cc1Cc1cccc(c1OCCC)C3)C2. The average Bonchev–Trinajstić information content (AvgIpc) is 3.07. The summed E-state index contributed by atoms with van der Waals surface area (Å²) in [5.74, 6) is 3.16. The molecule has 0 N–H and O–H groups in total. The molecule has 0 unspecified atom stereocenters. The highest BCUT2D eigenvalue weighted by Gasteiger charge is 2.23. The van der Waals surface area contributed by atoms with Crippen molar-refractivity contribution in [3.63, 3.8) is 0 Å². The van der Waals surface area contributed by atoms with Gasteiger partial charge >= 0.3 is 0 Å². The number of nitrogens with zero attached hydrogens (tertiary/aromatic N) is 2. The molecule has 0 amide bonds. The maximum atomic E-state index is 10.2. The van der Waals surface area contributed by atoms with Crippen LogP contribution in [0.25, 0.3) is 0 Å². The van der Waals surface area contributed by atoms with Crippen molar-refractivity contribution in [2.75, 3.05) is 39.6 Å². The van der Waals surface area contributed by atoms with E-state index in [1.54, 1.807) is 0 Å². The third-order valence-corrected chi connectivity index (χ3v) is 8.47. The minimum atomic E-state index is 0.345. The minimum absolute atomic E-state index is 0.345. The molecule has 2 heterocycles. The van der Waals surface area contributed by atoms with Crippen LogP contribution >= 0.6 is 0 Å². The third-order valence-electron chi connectivity index (χ3n) is 8.47. The Labute approximate surface area is 277 Å². The highest BCUT2D eigenvalue weighted by molar-refractivity contribution is 5.58. The summed E-state index contributed by atoms with van der Waals surface area (Å²) in [5, 5.41) is 20.3. The second-order valence-corrected chi connectivity index (χ2v) is 12.0. The fourth-order valence-corrected chi connectivity index (χ4v) is 6.47. The first-order valence-electron chi connectivity index (χ1n) is 16.5. The summed E-state index contributed by atoms with van der Waals surface area (Å²) >= 11 is 0. The lowest BCUT2D eigenvalue weighted by atomic mass is 9.90.